The minimum absolute atomic E-state index is 0.0740. The number of nitrogen functional groups attached to an aromatic ring is 1. The van der Waals surface area contributed by atoms with Gasteiger partial charge in [-0.2, -0.15) is 0 Å². The van der Waals surface area contributed by atoms with Gasteiger partial charge in [-0.25, -0.2) is 4.90 Å². The Morgan fingerprint density at radius 3 is 2.63 bits per heavy atom. The first-order chi connectivity index (χ1) is 9.14. The summed E-state index contributed by atoms with van der Waals surface area (Å²) < 4.78 is 0. The van der Waals surface area contributed by atoms with Crippen LogP contribution in [0.1, 0.15) is 38.5 Å². The maximum Gasteiger partial charge on any atom is 0.240 e. The van der Waals surface area contributed by atoms with Gasteiger partial charge >= 0.3 is 0 Å². The van der Waals surface area contributed by atoms with E-state index in [-0.39, 0.29) is 11.8 Å². The van der Waals surface area contributed by atoms with Crippen LogP contribution in [0.3, 0.4) is 0 Å². The number of amides is 2. The number of carbonyl (C=O) groups is 2. The fraction of sp³-hybridized carbons (Fsp3) is 0.500. The quantitative estimate of drug-likeness (QED) is 0.781. The van der Waals surface area contributed by atoms with E-state index in [0.717, 1.165) is 32.1 Å². The molecule has 19 heavy (non-hydrogen) atoms. The van der Waals surface area contributed by atoms with E-state index in [1.54, 1.807) is 12.3 Å². The first-order valence-corrected chi connectivity index (χ1v) is 6.71. The van der Waals surface area contributed by atoms with Crippen LogP contribution in [0.5, 0.6) is 0 Å². The minimum Gasteiger partial charge on any atom is -0.396 e. The number of imide groups is 1. The Kier molecular flexibility index (Phi) is 2.77. The molecule has 0 bridgehead atoms. The van der Waals surface area contributed by atoms with E-state index in [1.807, 2.05) is 0 Å². The summed E-state index contributed by atoms with van der Waals surface area (Å²) in [6.45, 7) is 0. The molecule has 0 atom stereocenters. The molecule has 0 radical (unpaired) electrons. The van der Waals surface area contributed by atoms with Gasteiger partial charge < -0.3 is 5.73 Å². The van der Waals surface area contributed by atoms with Crippen LogP contribution in [0.25, 0.3) is 0 Å². The highest BCUT2D eigenvalue weighted by Gasteiger charge is 2.52. The van der Waals surface area contributed by atoms with Gasteiger partial charge in [0.15, 0.2) is 0 Å². The van der Waals surface area contributed by atoms with Crippen LogP contribution < -0.4 is 10.6 Å². The molecule has 1 aromatic heterocycles. The van der Waals surface area contributed by atoms with E-state index in [1.165, 1.54) is 11.1 Å². The molecule has 1 saturated carbocycles. The van der Waals surface area contributed by atoms with Crippen LogP contribution in [-0.2, 0) is 9.59 Å². The Morgan fingerprint density at radius 1 is 1.21 bits per heavy atom. The summed E-state index contributed by atoms with van der Waals surface area (Å²) in [7, 11) is 0. The molecule has 2 N–H and O–H groups in total. The van der Waals surface area contributed by atoms with E-state index in [9.17, 15) is 9.59 Å². The topological polar surface area (TPSA) is 76.3 Å². The third-order valence-electron chi connectivity index (χ3n) is 4.28. The van der Waals surface area contributed by atoms with Gasteiger partial charge in [0.25, 0.3) is 0 Å². The second kappa shape index (κ2) is 4.33. The average Bonchev–Trinajstić information content (AvgIpc) is 2.63. The number of carbonyl (C=O) groups excluding carboxylic acids is 2. The molecule has 100 valence electrons. The van der Waals surface area contributed by atoms with Crippen molar-refractivity contribution in [2.24, 2.45) is 5.41 Å². The van der Waals surface area contributed by atoms with Crippen LogP contribution in [0.15, 0.2) is 18.5 Å². The average molecular weight is 259 g/mol. The number of pyridine rings is 1. The van der Waals surface area contributed by atoms with Gasteiger partial charge in [0, 0.05) is 12.6 Å². The van der Waals surface area contributed by atoms with Crippen LogP contribution in [0, 0.1) is 5.41 Å². The molecule has 2 fully saturated rings. The molecule has 5 heteroatoms. The zero-order valence-corrected chi connectivity index (χ0v) is 10.8. The van der Waals surface area contributed by atoms with Crippen molar-refractivity contribution < 1.29 is 9.59 Å². The molecule has 2 amide bonds. The third kappa shape index (κ3) is 1.80. The summed E-state index contributed by atoms with van der Waals surface area (Å²) in [6, 6.07) is 1.63. The van der Waals surface area contributed by atoms with E-state index >= 15 is 0 Å². The fourth-order valence-corrected chi connectivity index (χ4v) is 3.26. The maximum atomic E-state index is 12.7. The second-order valence-corrected chi connectivity index (χ2v) is 5.49. The van der Waals surface area contributed by atoms with Gasteiger partial charge in [0.05, 0.1) is 23.0 Å². The number of aromatic nitrogens is 1. The monoisotopic (exact) mass is 259 g/mol. The minimum atomic E-state index is -0.467. The zero-order chi connectivity index (χ0) is 13.5. The molecule has 3 rings (SSSR count). The van der Waals surface area contributed by atoms with Crippen LogP contribution in [0.4, 0.5) is 11.4 Å². The van der Waals surface area contributed by atoms with Crippen LogP contribution in [0.2, 0.25) is 0 Å². The lowest BCUT2D eigenvalue weighted by Crippen LogP contribution is -2.37. The van der Waals surface area contributed by atoms with E-state index in [0.29, 0.717) is 17.8 Å². The van der Waals surface area contributed by atoms with E-state index in [4.69, 9.17) is 5.73 Å². The molecule has 2 heterocycles. The number of hydrogen-bond acceptors (Lipinski definition) is 4. The highest BCUT2D eigenvalue weighted by atomic mass is 16.2. The lowest BCUT2D eigenvalue weighted by atomic mass is 9.73. The van der Waals surface area contributed by atoms with Gasteiger partial charge in [-0.3, -0.25) is 14.6 Å². The smallest absolute Gasteiger partial charge is 0.240 e. The Morgan fingerprint density at radius 2 is 1.95 bits per heavy atom. The largest absolute Gasteiger partial charge is 0.396 e. The van der Waals surface area contributed by atoms with Crippen molar-refractivity contribution in [1.29, 1.82) is 0 Å². The predicted molar refractivity (Wildman–Crippen MR) is 71.3 cm³/mol. The van der Waals surface area contributed by atoms with Crippen molar-refractivity contribution in [2.75, 3.05) is 10.6 Å². The summed E-state index contributed by atoms with van der Waals surface area (Å²) in [5.41, 5.74) is 6.22. The molecular weight excluding hydrogens is 242 g/mol. The molecule has 5 nitrogen and oxygen atoms in total. The number of hydrogen-bond donors (Lipinski definition) is 1. The van der Waals surface area contributed by atoms with E-state index in [2.05, 4.69) is 4.98 Å². The van der Waals surface area contributed by atoms with Crippen molar-refractivity contribution in [2.45, 2.75) is 38.5 Å². The third-order valence-corrected chi connectivity index (χ3v) is 4.28. The Bertz CT molecular complexity index is 535. The second-order valence-electron chi connectivity index (χ2n) is 5.49. The standard InChI is InChI=1S/C14H17N3O2/c15-10-9-16-7-4-11(10)17-12(18)8-14(13(17)19)5-2-1-3-6-14/h4,7,9H,1-3,5-6,8,15H2. The number of rotatable bonds is 1. The van der Waals surface area contributed by atoms with Crippen molar-refractivity contribution in [1.82, 2.24) is 4.98 Å². The molecule has 2 aliphatic rings. The van der Waals surface area contributed by atoms with E-state index < -0.39 is 5.41 Å². The van der Waals surface area contributed by atoms with Crippen LogP contribution in [-0.4, -0.2) is 16.8 Å². The maximum absolute atomic E-state index is 12.7. The summed E-state index contributed by atoms with van der Waals surface area (Å²) in [5, 5.41) is 0. The van der Waals surface area contributed by atoms with Gasteiger partial charge in [0.2, 0.25) is 11.8 Å². The highest BCUT2D eigenvalue weighted by Crippen LogP contribution is 2.47. The predicted octanol–water partition coefficient (Wildman–Crippen LogP) is 1.88. The summed E-state index contributed by atoms with van der Waals surface area (Å²) in [5.74, 6) is -0.208. The molecule has 1 saturated heterocycles. The van der Waals surface area contributed by atoms with Crippen molar-refractivity contribution in [3.05, 3.63) is 18.5 Å². The first kappa shape index (κ1) is 12.1. The van der Waals surface area contributed by atoms with Gasteiger partial charge in [-0.1, -0.05) is 19.3 Å². The molecule has 1 aromatic rings. The zero-order valence-electron chi connectivity index (χ0n) is 10.8. The Balaban J connectivity index is 1.98. The summed E-state index contributed by atoms with van der Waals surface area (Å²) in [6.07, 6.45) is 8.20. The van der Waals surface area contributed by atoms with Gasteiger partial charge in [-0.15, -0.1) is 0 Å². The normalized spacial score (nSPS) is 22.2. The van der Waals surface area contributed by atoms with Gasteiger partial charge in [-0.05, 0) is 18.9 Å². The fourth-order valence-electron chi connectivity index (χ4n) is 3.26. The lowest BCUT2D eigenvalue weighted by molar-refractivity contribution is -0.127. The number of nitrogens with zero attached hydrogens (tertiary/aromatic N) is 2. The molecular formula is C14H17N3O2. The molecule has 1 aliphatic carbocycles. The molecule has 0 unspecified atom stereocenters. The van der Waals surface area contributed by atoms with Crippen LogP contribution >= 0.6 is 0 Å². The molecule has 1 spiro atoms. The SMILES string of the molecule is Nc1cnccc1N1C(=O)CC2(CCCCC2)C1=O. The Labute approximate surface area is 111 Å². The summed E-state index contributed by atoms with van der Waals surface area (Å²) in [4.78, 5) is 30.1. The molecule has 1 aliphatic heterocycles. The Hall–Kier alpha value is -1.91. The number of anilines is 2. The van der Waals surface area contributed by atoms with Crippen molar-refractivity contribution in [3.8, 4) is 0 Å². The lowest BCUT2D eigenvalue weighted by Gasteiger charge is -2.30. The van der Waals surface area contributed by atoms with Gasteiger partial charge in [0.1, 0.15) is 0 Å². The van der Waals surface area contributed by atoms with Crippen molar-refractivity contribution >= 4 is 23.2 Å². The molecule has 0 aromatic carbocycles. The highest BCUT2D eigenvalue weighted by molar-refractivity contribution is 6.23. The van der Waals surface area contributed by atoms with Crippen molar-refractivity contribution in [3.63, 3.8) is 0 Å². The summed E-state index contributed by atoms with van der Waals surface area (Å²) >= 11 is 0. The first-order valence-electron chi connectivity index (χ1n) is 6.71. The number of nitrogens with two attached hydrogens (primary N) is 1.